The van der Waals surface area contributed by atoms with Gasteiger partial charge in [-0.3, -0.25) is 9.78 Å². The van der Waals surface area contributed by atoms with E-state index in [9.17, 15) is 18.4 Å². The summed E-state index contributed by atoms with van der Waals surface area (Å²) in [5.74, 6) is -1.87. The van der Waals surface area contributed by atoms with Crippen molar-refractivity contribution >= 4 is 23.3 Å². The number of benzene rings is 2. The van der Waals surface area contributed by atoms with Gasteiger partial charge in [-0.15, -0.1) is 0 Å². The molecule has 0 fully saturated rings. The Morgan fingerprint density at radius 1 is 0.929 bits per heavy atom. The Balaban J connectivity index is 1.57. The van der Waals surface area contributed by atoms with Crippen LogP contribution in [0.25, 0.3) is 0 Å². The highest BCUT2D eigenvalue weighted by atomic mass is 19.1. The molecule has 0 unspecified atom stereocenters. The number of rotatable bonds is 5. The molecular weight excluding hydrogens is 366 g/mol. The normalized spacial score (nSPS) is 10.2. The Hall–Kier alpha value is -3.81. The van der Waals surface area contributed by atoms with Crippen molar-refractivity contribution in [3.63, 3.8) is 0 Å². The van der Waals surface area contributed by atoms with Crippen LogP contribution in [0.2, 0.25) is 0 Å². The molecular formula is C20H16F2N4O2. The van der Waals surface area contributed by atoms with Gasteiger partial charge in [0.25, 0.3) is 5.91 Å². The Morgan fingerprint density at radius 2 is 1.71 bits per heavy atom. The Kier molecular flexibility index (Phi) is 5.91. The van der Waals surface area contributed by atoms with E-state index in [1.165, 1.54) is 12.4 Å². The number of nitrogens with zero attached hydrogens (tertiary/aromatic N) is 1. The van der Waals surface area contributed by atoms with Crippen LogP contribution in [0, 0.1) is 11.6 Å². The number of anilines is 2. The summed E-state index contributed by atoms with van der Waals surface area (Å²) in [5.41, 5.74) is 1.63. The molecule has 3 rings (SSSR count). The van der Waals surface area contributed by atoms with Gasteiger partial charge in [-0.2, -0.15) is 0 Å². The number of pyridine rings is 1. The predicted molar refractivity (Wildman–Crippen MR) is 101 cm³/mol. The third-order valence-electron chi connectivity index (χ3n) is 3.76. The maximum absolute atomic E-state index is 13.6. The molecule has 3 aromatic rings. The van der Waals surface area contributed by atoms with Gasteiger partial charge in [-0.25, -0.2) is 13.6 Å². The molecule has 3 N–H and O–H groups in total. The molecule has 3 amide bonds. The van der Waals surface area contributed by atoms with Gasteiger partial charge < -0.3 is 16.0 Å². The number of hydrogen-bond donors (Lipinski definition) is 3. The van der Waals surface area contributed by atoms with Gasteiger partial charge in [-0.05, 0) is 42.0 Å². The van der Waals surface area contributed by atoms with Crippen molar-refractivity contribution in [3.05, 3.63) is 89.8 Å². The molecule has 1 aromatic heterocycles. The van der Waals surface area contributed by atoms with E-state index in [4.69, 9.17) is 0 Å². The lowest BCUT2D eigenvalue weighted by molar-refractivity contribution is 0.102. The molecule has 142 valence electrons. The van der Waals surface area contributed by atoms with Gasteiger partial charge in [-0.1, -0.05) is 12.1 Å². The van der Waals surface area contributed by atoms with Crippen molar-refractivity contribution in [2.24, 2.45) is 0 Å². The van der Waals surface area contributed by atoms with Crippen molar-refractivity contribution in [3.8, 4) is 0 Å². The van der Waals surface area contributed by atoms with Crippen LogP contribution in [0.5, 0.6) is 0 Å². The molecule has 28 heavy (non-hydrogen) atoms. The third kappa shape index (κ3) is 5.10. The van der Waals surface area contributed by atoms with Gasteiger partial charge >= 0.3 is 6.03 Å². The molecule has 0 saturated carbocycles. The minimum absolute atomic E-state index is 0.128. The van der Waals surface area contributed by atoms with E-state index in [-0.39, 0.29) is 18.1 Å². The van der Waals surface area contributed by atoms with E-state index in [0.717, 1.165) is 17.7 Å². The number of carbonyl (C=O) groups excluding carboxylic acids is 2. The third-order valence-corrected chi connectivity index (χ3v) is 3.76. The molecule has 0 bridgehead atoms. The van der Waals surface area contributed by atoms with Crippen molar-refractivity contribution in [1.82, 2.24) is 10.3 Å². The summed E-state index contributed by atoms with van der Waals surface area (Å²) in [6.45, 7) is 0.146. The highest BCUT2D eigenvalue weighted by molar-refractivity contribution is 6.04. The minimum Gasteiger partial charge on any atom is -0.334 e. The van der Waals surface area contributed by atoms with E-state index in [1.54, 1.807) is 36.4 Å². The zero-order chi connectivity index (χ0) is 19.9. The maximum Gasteiger partial charge on any atom is 0.319 e. The van der Waals surface area contributed by atoms with Crippen molar-refractivity contribution < 1.29 is 18.4 Å². The summed E-state index contributed by atoms with van der Waals surface area (Å²) in [4.78, 5) is 27.9. The number of carbonyl (C=O) groups is 2. The quantitative estimate of drug-likeness (QED) is 0.625. The van der Waals surface area contributed by atoms with E-state index >= 15 is 0 Å². The second-order valence-electron chi connectivity index (χ2n) is 5.82. The summed E-state index contributed by atoms with van der Waals surface area (Å²) in [6.07, 6.45) is 3.05. The molecule has 0 radical (unpaired) electrons. The van der Waals surface area contributed by atoms with Crippen LogP contribution in [0.3, 0.4) is 0 Å². The molecule has 0 aliphatic rings. The topological polar surface area (TPSA) is 83.1 Å². The first-order valence-electron chi connectivity index (χ1n) is 8.31. The van der Waals surface area contributed by atoms with E-state index in [2.05, 4.69) is 20.9 Å². The van der Waals surface area contributed by atoms with Crippen LogP contribution in [-0.2, 0) is 6.54 Å². The predicted octanol–water partition coefficient (Wildman–Crippen LogP) is 3.93. The summed E-state index contributed by atoms with van der Waals surface area (Å²) in [7, 11) is 0. The monoisotopic (exact) mass is 382 g/mol. The lowest BCUT2D eigenvalue weighted by Crippen LogP contribution is -2.28. The number of aromatic nitrogens is 1. The largest absolute Gasteiger partial charge is 0.334 e. The molecule has 0 saturated heterocycles. The Labute approximate surface area is 159 Å². The molecule has 8 heteroatoms. The lowest BCUT2D eigenvalue weighted by Gasteiger charge is -2.10. The van der Waals surface area contributed by atoms with Gasteiger partial charge in [0, 0.05) is 36.3 Å². The number of halogens is 2. The zero-order valence-electron chi connectivity index (χ0n) is 14.6. The van der Waals surface area contributed by atoms with Gasteiger partial charge in [0.1, 0.15) is 11.6 Å². The first-order chi connectivity index (χ1) is 13.5. The van der Waals surface area contributed by atoms with Crippen LogP contribution in [0.15, 0.2) is 67.0 Å². The summed E-state index contributed by atoms with van der Waals surface area (Å²) >= 11 is 0. The van der Waals surface area contributed by atoms with E-state index in [1.807, 2.05) is 0 Å². The molecule has 2 aromatic carbocycles. The second-order valence-corrected chi connectivity index (χ2v) is 5.82. The van der Waals surface area contributed by atoms with Gasteiger partial charge in [0.15, 0.2) is 0 Å². The summed E-state index contributed by atoms with van der Waals surface area (Å²) < 4.78 is 26.5. The highest BCUT2D eigenvalue weighted by Crippen LogP contribution is 2.15. The lowest BCUT2D eigenvalue weighted by atomic mass is 10.2. The zero-order valence-corrected chi connectivity index (χ0v) is 14.6. The molecule has 0 aliphatic heterocycles. The smallest absolute Gasteiger partial charge is 0.319 e. The van der Waals surface area contributed by atoms with Crippen LogP contribution >= 0.6 is 0 Å². The summed E-state index contributed by atoms with van der Waals surface area (Å²) in [5, 5.41) is 7.64. The van der Waals surface area contributed by atoms with Crippen LogP contribution in [0.4, 0.5) is 25.0 Å². The fourth-order valence-corrected chi connectivity index (χ4v) is 2.41. The second kappa shape index (κ2) is 8.72. The van der Waals surface area contributed by atoms with Crippen molar-refractivity contribution in [2.45, 2.75) is 6.54 Å². The molecule has 1 heterocycles. The van der Waals surface area contributed by atoms with E-state index < -0.39 is 17.7 Å². The summed E-state index contributed by atoms with van der Waals surface area (Å²) in [6, 6.07) is 12.3. The van der Waals surface area contributed by atoms with E-state index in [0.29, 0.717) is 17.3 Å². The average Bonchev–Trinajstić information content (AvgIpc) is 2.69. The Bertz CT molecular complexity index is 997. The fourth-order valence-electron chi connectivity index (χ4n) is 2.41. The number of nitrogens with one attached hydrogen (secondary N) is 3. The number of amides is 3. The molecule has 0 atom stereocenters. The van der Waals surface area contributed by atoms with Crippen molar-refractivity contribution in [1.29, 1.82) is 0 Å². The first-order valence-corrected chi connectivity index (χ1v) is 8.31. The van der Waals surface area contributed by atoms with Crippen molar-refractivity contribution in [2.75, 3.05) is 10.6 Å². The maximum atomic E-state index is 13.6. The van der Waals surface area contributed by atoms with Gasteiger partial charge in [0.2, 0.25) is 0 Å². The highest BCUT2D eigenvalue weighted by Gasteiger charge is 2.09. The number of hydrogen-bond acceptors (Lipinski definition) is 3. The van der Waals surface area contributed by atoms with Gasteiger partial charge in [0.05, 0.1) is 5.69 Å². The molecule has 0 spiro atoms. The standard InChI is InChI=1S/C20H16F2N4O2/c21-15-4-5-18(17(22)11-15)26-20(28)24-12-13-2-1-3-16(10-13)25-19(27)14-6-8-23-9-7-14/h1-11H,12H2,(H,25,27)(H2,24,26,28). The van der Waals surface area contributed by atoms with Crippen LogP contribution in [-0.4, -0.2) is 16.9 Å². The first kappa shape index (κ1) is 19.0. The Morgan fingerprint density at radius 3 is 2.46 bits per heavy atom. The molecule has 6 nitrogen and oxygen atoms in total. The number of urea groups is 1. The SMILES string of the molecule is O=C(NCc1cccc(NC(=O)c2ccncc2)c1)Nc1ccc(F)cc1F. The average molecular weight is 382 g/mol. The fraction of sp³-hybridized carbons (Fsp3) is 0.0500. The van der Waals surface area contributed by atoms with Crippen LogP contribution in [0.1, 0.15) is 15.9 Å². The van der Waals surface area contributed by atoms with Crippen LogP contribution < -0.4 is 16.0 Å². The minimum atomic E-state index is -0.865. The molecule has 0 aliphatic carbocycles.